The van der Waals surface area contributed by atoms with Crippen LogP contribution in [0, 0.1) is 17.8 Å². The van der Waals surface area contributed by atoms with E-state index in [9.17, 15) is 23.1 Å². The predicted octanol–water partition coefficient (Wildman–Crippen LogP) is 4.01. The standard InChI is InChI=1S/C20H25F3N2O2/c21-20(22,23)16-3-1-15(2-4-16)17(26)11-24-18(27)25-19-8-12-5-13(9-19)7-14(6-12)10-19/h1-4,12-14,17,26H,5-11H2,(H2,24,25,27)/t12?,13?,14?,17-,19?/m0/s1. The molecular weight excluding hydrogens is 357 g/mol. The van der Waals surface area contributed by atoms with Gasteiger partial charge in [-0.25, -0.2) is 4.79 Å². The number of carbonyl (C=O) groups excluding carboxylic acids is 1. The average Bonchev–Trinajstić information content (AvgIpc) is 2.57. The summed E-state index contributed by atoms with van der Waals surface area (Å²) in [4.78, 5) is 12.4. The quantitative estimate of drug-likeness (QED) is 0.737. The lowest BCUT2D eigenvalue weighted by Crippen LogP contribution is -2.61. The number of hydrogen-bond donors (Lipinski definition) is 3. The topological polar surface area (TPSA) is 61.4 Å². The zero-order valence-electron chi connectivity index (χ0n) is 15.1. The summed E-state index contributed by atoms with van der Waals surface area (Å²) in [6.45, 7) is -0.0381. The van der Waals surface area contributed by atoms with Crippen LogP contribution in [0.25, 0.3) is 0 Å². The summed E-state index contributed by atoms with van der Waals surface area (Å²) in [5, 5.41) is 16.0. The highest BCUT2D eigenvalue weighted by Gasteiger charge is 2.51. The summed E-state index contributed by atoms with van der Waals surface area (Å²) in [6.07, 6.45) is 1.52. The van der Waals surface area contributed by atoms with E-state index in [0.29, 0.717) is 23.3 Å². The van der Waals surface area contributed by atoms with E-state index in [-0.39, 0.29) is 18.1 Å². The van der Waals surface area contributed by atoms with Gasteiger partial charge in [-0.15, -0.1) is 0 Å². The molecule has 0 aliphatic heterocycles. The summed E-state index contributed by atoms with van der Waals surface area (Å²) in [6, 6.07) is 4.06. The van der Waals surface area contributed by atoms with Crippen molar-refractivity contribution in [3.05, 3.63) is 35.4 Å². The fraction of sp³-hybridized carbons (Fsp3) is 0.650. The molecule has 27 heavy (non-hydrogen) atoms. The van der Waals surface area contributed by atoms with Crippen molar-refractivity contribution in [2.45, 2.75) is 56.3 Å². The Morgan fingerprint density at radius 3 is 2.07 bits per heavy atom. The van der Waals surface area contributed by atoms with Crippen LogP contribution in [-0.4, -0.2) is 23.2 Å². The van der Waals surface area contributed by atoms with Gasteiger partial charge in [-0.1, -0.05) is 12.1 Å². The molecule has 0 heterocycles. The van der Waals surface area contributed by atoms with Crippen LogP contribution in [0.5, 0.6) is 0 Å². The maximum absolute atomic E-state index is 12.6. The monoisotopic (exact) mass is 382 g/mol. The summed E-state index contributed by atoms with van der Waals surface area (Å²) < 4.78 is 37.8. The van der Waals surface area contributed by atoms with Crippen LogP contribution in [-0.2, 0) is 6.18 Å². The van der Waals surface area contributed by atoms with Gasteiger partial charge in [0.2, 0.25) is 0 Å². The van der Waals surface area contributed by atoms with E-state index in [1.54, 1.807) is 0 Å². The molecule has 4 nitrogen and oxygen atoms in total. The van der Waals surface area contributed by atoms with Crippen molar-refractivity contribution in [2.75, 3.05) is 6.54 Å². The van der Waals surface area contributed by atoms with Crippen molar-refractivity contribution in [3.63, 3.8) is 0 Å². The lowest BCUT2D eigenvalue weighted by Gasteiger charge is -2.56. The molecule has 5 rings (SSSR count). The third-order valence-corrected chi connectivity index (χ3v) is 6.50. The number of alkyl halides is 3. The molecule has 0 aromatic heterocycles. The van der Waals surface area contributed by atoms with Crippen LogP contribution in [0.4, 0.5) is 18.0 Å². The number of benzene rings is 1. The number of amides is 2. The normalized spacial score (nSPS) is 33.0. The van der Waals surface area contributed by atoms with Crippen molar-refractivity contribution in [1.82, 2.24) is 10.6 Å². The highest BCUT2D eigenvalue weighted by Crippen LogP contribution is 2.55. The molecule has 1 aromatic rings. The average molecular weight is 382 g/mol. The highest BCUT2D eigenvalue weighted by atomic mass is 19.4. The van der Waals surface area contributed by atoms with Crippen LogP contribution in [0.2, 0.25) is 0 Å². The minimum absolute atomic E-state index is 0.0381. The second kappa shape index (κ2) is 6.69. The molecule has 7 heteroatoms. The number of aliphatic hydroxyl groups excluding tert-OH is 1. The first-order valence-corrected chi connectivity index (χ1v) is 9.64. The van der Waals surface area contributed by atoms with Gasteiger partial charge < -0.3 is 15.7 Å². The Labute approximate surface area is 156 Å². The number of urea groups is 1. The SMILES string of the molecule is O=C(NC[C@H](O)c1ccc(C(F)(F)F)cc1)NC12CC3CC(CC(C3)C1)C2. The molecule has 1 atom stereocenters. The van der Waals surface area contributed by atoms with Crippen molar-refractivity contribution in [2.24, 2.45) is 17.8 Å². The van der Waals surface area contributed by atoms with Crippen LogP contribution >= 0.6 is 0 Å². The van der Waals surface area contributed by atoms with Crippen molar-refractivity contribution in [1.29, 1.82) is 0 Å². The third-order valence-electron chi connectivity index (χ3n) is 6.50. The summed E-state index contributed by atoms with van der Waals surface area (Å²) >= 11 is 0. The number of halogens is 3. The first-order chi connectivity index (χ1) is 12.7. The Morgan fingerprint density at radius 2 is 1.59 bits per heavy atom. The van der Waals surface area contributed by atoms with E-state index in [0.717, 1.165) is 31.4 Å². The molecule has 1 aromatic carbocycles. The maximum atomic E-state index is 12.6. The third kappa shape index (κ3) is 3.93. The molecule has 0 unspecified atom stereocenters. The van der Waals surface area contributed by atoms with E-state index in [1.165, 1.54) is 31.4 Å². The first kappa shape index (κ1) is 18.6. The Bertz CT molecular complexity index is 667. The smallest absolute Gasteiger partial charge is 0.387 e. The lowest BCUT2D eigenvalue weighted by atomic mass is 9.53. The van der Waals surface area contributed by atoms with Gasteiger partial charge in [0.05, 0.1) is 11.7 Å². The van der Waals surface area contributed by atoms with Gasteiger partial charge in [0.25, 0.3) is 0 Å². The molecule has 0 spiro atoms. The molecular formula is C20H25F3N2O2. The Kier molecular flexibility index (Phi) is 4.61. The first-order valence-electron chi connectivity index (χ1n) is 9.64. The lowest BCUT2D eigenvalue weighted by molar-refractivity contribution is -0.137. The molecule has 0 radical (unpaired) electrons. The number of carbonyl (C=O) groups is 1. The van der Waals surface area contributed by atoms with Gasteiger partial charge in [0.15, 0.2) is 0 Å². The maximum Gasteiger partial charge on any atom is 0.416 e. The van der Waals surface area contributed by atoms with Gasteiger partial charge in [0, 0.05) is 12.1 Å². The number of nitrogens with one attached hydrogen (secondary N) is 2. The molecule has 0 saturated heterocycles. The molecule has 2 amide bonds. The van der Waals surface area contributed by atoms with Crippen LogP contribution in [0.3, 0.4) is 0 Å². The Balaban J connectivity index is 1.30. The minimum Gasteiger partial charge on any atom is -0.387 e. The minimum atomic E-state index is -4.40. The van der Waals surface area contributed by atoms with Gasteiger partial charge in [-0.3, -0.25) is 0 Å². The van der Waals surface area contributed by atoms with Crippen LogP contribution in [0.15, 0.2) is 24.3 Å². The molecule has 4 saturated carbocycles. The van der Waals surface area contributed by atoms with E-state index in [1.807, 2.05) is 0 Å². The second-order valence-electron chi connectivity index (χ2n) is 8.67. The van der Waals surface area contributed by atoms with E-state index >= 15 is 0 Å². The summed E-state index contributed by atoms with van der Waals surface area (Å²) in [5.41, 5.74) is -0.526. The molecule has 3 N–H and O–H groups in total. The Morgan fingerprint density at radius 1 is 1.07 bits per heavy atom. The van der Waals surface area contributed by atoms with E-state index in [2.05, 4.69) is 10.6 Å². The number of rotatable bonds is 4. The van der Waals surface area contributed by atoms with E-state index < -0.39 is 17.8 Å². The molecule has 4 aliphatic rings. The fourth-order valence-electron chi connectivity index (χ4n) is 5.75. The molecule has 148 valence electrons. The molecule has 4 aliphatic carbocycles. The number of aliphatic hydroxyl groups is 1. The Hall–Kier alpha value is -1.76. The second-order valence-corrected chi connectivity index (χ2v) is 8.67. The van der Waals surface area contributed by atoms with Crippen molar-refractivity contribution in [3.8, 4) is 0 Å². The van der Waals surface area contributed by atoms with Crippen molar-refractivity contribution < 1.29 is 23.1 Å². The summed E-state index contributed by atoms with van der Waals surface area (Å²) in [7, 11) is 0. The van der Waals surface area contributed by atoms with Crippen LogP contribution in [0.1, 0.15) is 55.8 Å². The highest BCUT2D eigenvalue weighted by molar-refractivity contribution is 5.75. The number of hydrogen-bond acceptors (Lipinski definition) is 2. The predicted molar refractivity (Wildman–Crippen MR) is 93.8 cm³/mol. The van der Waals surface area contributed by atoms with Crippen molar-refractivity contribution >= 4 is 6.03 Å². The van der Waals surface area contributed by atoms with Gasteiger partial charge in [-0.05, 0) is 74.0 Å². The summed E-state index contributed by atoms with van der Waals surface area (Å²) in [5.74, 6) is 2.15. The zero-order chi connectivity index (χ0) is 19.2. The fourth-order valence-corrected chi connectivity index (χ4v) is 5.75. The molecule has 4 bridgehead atoms. The van der Waals surface area contributed by atoms with Gasteiger partial charge in [0.1, 0.15) is 0 Å². The van der Waals surface area contributed by atoms with Crippen LogP contribution < -0.4 is 10.6 Å². The van der Waals surface area contributed by atoms with Gasteiger partial charge in [-0.2, -0.15) is 13.2 Å². The van der Waals surface area contributed by atoms with Gasteiger partial charge >= 0.3 is 12.2 Å². The molecule has 4 fully saturated rings. The van der Waals surface area contributed by atoms with E-state index in [4.69, 9.17) is 0 Å². The largest absolute Gasteiger partial charge is 0.416 e. The zero-order valence-corrected chi connectivity index (χ0v) is 15.1.